The van der Waals surface area contributed by atoms with Crippen molar-refractivity contribution in [3.8, 4) is 5.69 Å². The topological polar surface area (TPSA) is 71.0 Å². The number of fused-ring (bicyclic) bond motifs is 1. The maximum Gasteiger partial charge on any atom is 0.337 e. The lowest BCUT2D eigenvalue weighted by Crippen LogP contribution is -2.42. The highest BCUT2D eigenvalue weighted by molar-refractivity contribution is 6.31. The quantitative estimate of drug-likeness (QED) is 0.463. The van der Waals surface area contributed by atoms with E-state index in [2.05, 4.69) is 4.98 Å². The highest BCUT2D eigenvalue weighted by atomic mass is 35.5. The van der Waals surface area contributed by atoms with Gasteiger partial charge in [-0.05, 0) is 48.7 Å². The second-order valence-corrected chi connectivity index (χ2v) is 8.19. The Bertz CT molecular complexity index is 1400. The highest BCUT2D eigenvalue weighted by Gasteiger charge is 2.23. The molecule has 0 bridgehead atoms. The van der Waals surface area contributed by atoms with Crippen LogP contribution in [0.15, 0.2) is 64.4 Å². The lowest BCUT2D eigenvalue weighted by Gasteiger charge is -2.15. The minimum absolute atomic E-state index is 0.145. The zero-order chi connectivity index (χ0) is 22.2. The van der Waals surface area contributed by atoms with Crippen LogP contribution >= 0.6 is 11.6 Å². The van der Waals surface area contributed by atoms with E-state index in [1.165, 1.54) is 39.7 Å². The molecule has 2 aromatic carbocycles. The molecule has 0 unspecified atom stereocenters. The second-order valence-electron chi connectivity index (χ2n) is 7.78. The van der Waals surface area contributed by atoms with Crippen molar-refractivity contribution < 1.29 is 9.13 Å². The highest BCUT2D eigenvalue weighted by Crippen LogP contribution is 2.20. The number of nitrogens with zero attached hydrogens (tertiary/aromatic N) is 4. The van der Waals surface area contributed by atoms with E-state index >= 15 is 0 Å². The minimum Gasteiger partial charge on any atom is -0.376 e. The van der Waals surface area contributed by atoms with Gasteiger partial charge in [0.15, 0.2) is 11.2 Å². The van der Waals surface area contributed by atoms with Crippen LogP contribution in [0.4, 0.5) is 4.39 Å². The molecule has 1 atom stereocenters. The van der Waals surface area contributed by atoms with Crippen LogP contribution in [-0.4, -0.2) is 31.4 Å². The predicted octanol–water partition coefficient (Wildman–Crippen LogP) is 3.37. The third-order valence-corrected chi connectivity index (χ3v) is 6.06. The molecule has 0 aliphatic carbocycles. The van der Waals surface area contributed by atoms with Gasteiger partial charge in [-0.3, -0.25) is 9.36 Å². The van der Waals surface area contributed by atoms with Gasteiger partial charge in [-0.1, -0.05) is 29.8 Å². The molecule has 0 saturated carbocycles. The summed E-state index contributed by atoms with van der Waals surface area (Å²) in [7, 11) is 0. The lowest BCUT2D eigenvalue weighted by atomic mass is 10.2. The van der Waals surface area contributed by atoms with E-state index < -0.39 is 17.1 Å². The first kappa shape index (κ1) is 20.7. The third kappa shape index (κ3) is 3.65. The molecule has 0 spiro atoms. The van der Waals surface area contributed by atoms with E-state index in [9.17, 15) is 14.0 Å². The molecule has 7 nitrogen and oxygen atoms in total. The van der Waals surface area contributed by atoms with Gasteiger partial charge in [0.2, 0.25) is 0 Å². The molecule has 2 aromatic heterocycles. The van der Waals surface area contributed by atoms with Gasteiger partial charge in [-0.15, -0.1) is 0 Å². The molecule has 0 N–H and O–H groups in total. The first-order valence-corrected chi connectivity index (χ1v) is 10.7. The van der Waals surface area contributed by atoms with Crippen molar-refractivity contribution in [1.29, 1.82) is 0 Å². The Labute approximate surface area is 187 Å². The largest absolute Gasteiger partial charge is 0.376 e. The molecule has 1 aliphatic rings. The average Bonchev–Trinajstić information content (AvgIpc) is 3.44. The van der Waals surface area contributed by atoms with Crippen LogP contribution in [0.5, 0.6) is 0 Å². The maximum absolute atomic E-state index is 13.5. The van der Waals surface area contributed by atoms with E-state index in [1.54, 1.807) is 10.6 Å². The summed E-state index contributed by atoms with van der Waals surface area (Å²) in [4.78, 5) is 31.3. The number of halogens is 2. The summed E-state index contributed by atoms with van der Waals surface area (Å²) in [6.07, 6.45) is 2.97. The van der Waals surface area contributed by atoms with Crippen LogP contribution in [0.2, 0.25) is 5.02 Å². The van der Waals surface area contributed by atoms with E-state index in [0.29, 0.717) is 23.9 Å². The number of hydrogen-bond acceptors (Lipinski definition) is 4. The Balaban J connectivity index is 1.73. The minimum atomic E-state index is -0.535. The summed E-state index contributed by atoms with van der Waals surface area (Å²) in [6, 6.07) is 12.9. The molecular weight excluding hydrogens is 435 g/mol. The fraction of sp³-hybridized carbons (Fsp3) is 0.261. The molecule has 1 fully saturated rings. The van der Waals surface area contributed by atoms with Gasteiger partial charge in [0, 0.05) is 11.6 Å². The fourth-order valence-electron chi connectivity index (χ4n) is 4.09. The molecule has 1 aliphatic heterocycles. The predicted molar refractivity (Wildman–Crippen MR) is 119 cm³/mol. The Morgan fingerprint density at radius 2 is 1.91 bits per heavy atom. The van der Waals surface area contributed by atoms with Crippen LogP contribution in [0.3, 0.4) is 0 Å². The van der Waals surface area contributed by atoms with Crippen molar-refractivity contribution in [2.75, 3.05) is 6.61 Å². The summed E-state index contributed by atoms with van der Waals surface area (Å²) in [5.74, 6) is -0.421. The van der Waals surface area contributed by atoms with E-state index in [1.807, 2.05) is 18.2 Å². The number of imidazole rings is 1. The SMILES string of the molecule is O=c1c2c(ncn2Cc2ccccc2Cl)n(-c2ccc(F)cc2)c(=O)n1C[C@@H]1CCCO1. The molecule has 0 radical (unpaired) electrons. The van der Waals surface area contributed by atoms with Crippen molar-refractivity contribution in [3.05, 3.63) is 92.1 Å². The third-order valence-electron chi connectivity index (χ3n) is 5.69. The number of aromatic nitrogens is 4. The average molecular weight is 455 g/mol. The van der Waals surface area contributed by atoms with Crippen molar-refractivity contribution in [2.45, 2.75) is 32.0 Å². The molecule has 1 saturated heterocycles. The summed E-state index contributed by atoms with van der Waals surface area (Å²) >= 11 is 6.32. The van der Waals surface area contributed by atoms with Crippen LogP contribution < -0.4 is 11.2 Å². The smallest absolute Gasteiger partial charge is 0.337 e. The first-order chi connectivity index (χ1) is 15.5. The van der Waals surface area contributed by atoms with Crippen LogP contribution in [0, 0.1) is 5.82 Å². The summed E-state index contributed by atoms with van der Waals surface area (Å²) in [6.45, 7) is 1.07. The van der Waals surface area contributed by atoms with Crippen molar-refractivity contribution >= 4 is 22.8 Å². The Hall–Kier alpha value is -3.23. The molecule has 5 rings (SSSR count). The number of rotatable bonds is 5. The Kier molecular flexibility index (Phi) is 5.40. The molecule has 164 valence electrons. The van der Waals surface area contributed by atoms with Crippen LogP contribution in [-0.2, 0) is 17.8 Å². The summed E-state index contributed by atoms with van der Waals surface area (Å²) in [5, 5.41) is 0.570. The summed E-state index contributed by atoms with van der Waals surface area (Å²) < 4.78 is 23.4. The molecule has 32 heavy (non-hydrogen) atoms. The molecular formula is C23H20ClFN4O3. The molecule has 4 aromatic rings. The van der Waals surface area contributed by atoms with E-state index in [0.717, 1.165) is 18.4 Å². The maximum atomic E-state index is 13.5. The molecule has 3 heterocycles. The fourth-order valence-corrected chi connectivity index (χ4v) is 4.28. The van der Waals surface area contributed by atoms with Gasteiger partial charge in [-0.2, -0.15) is 0 Å². The van der Waals surface area contributed by atoms with Crippen molar-refractivity contribution in [2.24, 2.45) is 0 Å². The van der Waals surface area contributed by atoms with Gasteiger partial charge < -0.3 is 9.30 Å². The molecule has 0 amide bonds. The number of hydrogen-bond donors (Lipinski definition) is 0. The van der Waals surface area contributed by atoms with E-state index in [-0.39, 0.29) is 23.8 Å². The summed E-state index contributed by atoms with van der Waals surface area (Å²) in [5.41, 5.74) is 0.744. The first-order valence-electron chi connectivity index (χ1n) is 10.3. The van der Waals surface area contributed by atoms with Crippen LogP contribution in [0.25, 0.3) is 16.9 Å². The monoisotopic (exact) mass is 454 g/mol. The van der Waals surface area contributed by atoms with Crippen molar-refractivity contribution in [3.63, 3.8) is 0 Å². The van der Waals surface area contributed by atoms with Gasteiger partial charge in [-0.25, -0.2) is 18.7 Å². The zero-order valence-electron chi connectivity index (χ0n) is 17.1. The molecule has 9 heteroatoms. The van der Waals surface area contributed by atoms with Gasteiger partial charge in [0.05, 0.1) is 31.2 Å². The second kappa shape index (κ2) is 8.37. The van der Waals surface area contributed by atoms with Gasteiger partial charge in [0.1, 0.15) is 5.82 Å². The normalized spacial score (nSPS) is 16.1. The Morgan fingerprint density at radius 3 is 2.62 bits per heavy atom. The lowest BCUT2D eigenvalue weighted by molar-refractivity contribution is 0.0950. The van der Waals surface area contributed by atoms with Gasteiger partial charge in [0.25, 0.3) is 5.56 Å². The van der Waals surface area contributed by atoms with Crippen LogP contribution in [0.1, 0.15) is 18.4 Å². The zero-order valence-corrected chi connectivity index (χ0v) is 17.8. The number of benzene rings is 2. The van der Waals surface area contributed by atoms with E-state index in [4.69, 9.17) is 16.3 Å². The van der Waals surface area contributed by atoms with Gasteiger partial charge >= 0.3 is 5.69 Å². The van der Waals surface area contributed by atoms with Crippen molar-refractivity contribution in [1.82, 2.24) is 18.7 Å². The Morgan fingerprint density at radius 1 is 1.12 bits per heavy atom. The number of ether oxygens (including phenoxy) is 1. The standard InChI is InChI=1S/C23H20ClFN4O3/c24-19-6-2-1-4-15(19)12-27-14-26-21-20(27)22(30)28(13-18-5-3-11-32-18)23(31)29(21)17-9-7-16(25)8-10-17/h1-2,4,6-10,14,18H,3,5,11-13H2/t18-/m0/s1.